The fourth-order valence-electron chi connectivity index (χ4n) is 4.47. The zero-order valence-corrected chi connectivity index (χ0v) is 17.4. The van der Waals surface area contributed by atoms with Gasteiger partial charge in [-0.1, -0.05) is 6.92 Å². The van der Waals surface area contributed by atoms with Gasteiger partial charge >= 0.3 is 0 Å². The molecule has 4 rings (SSSR count). The van der Waals surface area contributed by atoms with E-state index in [-0.39, 0.29) is 0 Å². The smallest absolute Gasteiger partial charge is 0.146 e. The van der Waals surface area contributed by atoms with Crippen molar-refractivity contribution in [2.75, 3.05) is 31.9 Å². The number of rotatable bonds is 9. The molecule has 4 N–H and O–H groups in total. The first-order chi connectivity index (χ1) is 14.2. The molecule has 2 unspecified atom stereocenters. The fourth-order valence-corrected chi connectivity index (χ4v) is 4.47. The maximum atomic E-state index is 6.25. The summed E-state index contributed by atoms with van der Waals surface area (Å²) in [7, 11) is 1.93. The van der Waals surface area contributed by atoms with Crippen LogP contribution in [0, 0.1) is 5.92 Å². The number of hydrogen-bond donors (Lipinski definition) is 3. The monoisotopic (exact) mass is 396 g/mol. The number of hydrogen-bond acceptors (Lipinski definition) is 6. The molecule has 156 valence electrons. The van der Waals surface area contributed by atoms with E-state index in [1.165, 1.54) is 25.7 Å². The molecule has 29 heavy (non-hydrogen) atoms. The Bertz CT molecular complexity index is 943. The van der Waals surface area contributed by atoms with Crippen molar-refractivity contribution in [3.8, 4) is 11.1 Å². The lowest BCUT2D eigenvalue weighted by Gasteiger charge is -2.15. The zero-order valence-electron chi connectivity index (χ0n) is 17.4. The minimum atomic E-state index is 0.450. The van der Waals surface area contributed by atoms with E-state index in [2.05, 4.69) is 43.4 Å². The summed E-state index contributed by atoms with van der Waals surface area (Å²) in [6.45, 7) is 6.45. The molecule has 3 aromatic rings. The van der Waals surface area contributed by atoms with Gasteiger partial charge in [0, 0.05) is 36.6 Å². The molecule has 0 saturated heterocycles. The summed E-state index contributed by atoms with van der Waals surface area (Å²) in [5.41, 5.74) is 9.30. The Balaban J connectivity index is 1.48. The molecule has 8 nitrogen and oxygen atoms in total. The summed E-state index contributed by atoms with van der Waals surface area (Å²) in [4.78, 5) is 8.83. The third kappa shape index (κ3) is 4.28. The van der Waals surface area contributed by atoms with E-state index in [0.29, 0.717) is 17.8 Å². The molecule has 0 amide bonds. The summed E-state index contributed by atoms with van der Waals surface area (Å²) in [5.74, 6) is 1.24. The van der Waals surface area contributed by atoms with Crippen molar-refractivity contribution in [3.63, 3.8) is 0 Å². The third-order valence-corrected chi connectivity index (χ3v) is 5.95. The summed E-state index contributed by atoms with van der Waals surface area (Å²) in [5, 5.41) is 12.3. The number of aryl methyl sites for hydroxylation is 1. The highest BCUT2D eigenvalue weighted by atomic mass is 15.2. The predicted molar refractivity (Wildman–Crippen MR) is 117 cm³/mol. The Hall–Kier alpha value is -2.45. The van der Waals surface area contributed by atoms with Gasteiger partial charge in [0.1, 0.15) is 17.8 Å². The number of aromatic nitrogens is 5. The van der Waals surface area contributed by atoms with Gasteiger partial charge in [-0.05, 0) is 57.8 Å². The highest BCUT2D eigenvalue weighted by Gasteiger charge is 2.28. The van der Waals surface area contributed by atoms with E-state index >= 15 is 0 Å². The van der Waals surface area contributed by atoms with E-state index in [4.69, 9.17) is 5.73 Å². The van der Waals surface area contributed by atoms with Crippen LogP contribution in [0.25, 0.3) is 22.2 Å². The van der Waals surface area contributed by atoms with Crippen molar-refractivity contribution in [2.24, 2.45) is 13.0 Å². The lowest BCUT2D eigenvalue weighted by Crippen LogP contribution is -2.25. The largest absolute Gasteiger partial charge is 0.383 e. The highest BCUT2D eigenvalue weighted by molar-refractivity contribution is 6.00. The van der Waals surface area contributed by atoms with Crippen molar-refractivity contribution in [2.45, 2.75) is 38.6 Å². The summed E-state index contributed by atoms with van der Waals surface area (Å²) >= 11 is 0. The Morgan fingerprint density at radius 3 is 2.83 bits per heavy atom. The molecule has 0 aliphatic heterocycles. The van der Waals surface area contributed by atoms with Gasteiger partial charge in [-0.2, -0.15) is 5.10 Å². The number of nitrogens with two attached hydrogens (primary N) is 1. The molecule has 1 saturated carbocycles. The summed E-state index contributed by atoms with van der Waals surface area (Å²) in [6.07, 6.45) is 12.4. The first-order valence-electron chi connectivity index (χ1n) is 10.7. The average Bonchev–Trinajstić information content (AvgIpc) is 3.43. The number of anilines is 1. The first-order valence-corrected chi connectivity index (χ1v) is 10.7. The van der Waals surface area contributed by atoms with Gasteiger partial charge in [0.2, 0.25) is 0 Å². The van der Waals surface area contributed by atoms with Crippen LogP contribution in [0.4, 0.5) is 5.82 Å². The van der Waals surface area contributed by atoms with Crippen LogP contribution in [0.15, 0.2) is 24.9 Å². The Morgan fingerprint density at radius 1 is 1.17 bits per heavy atom. The second-order valence-electron chi connectivity index (χ2n) is 8.05. The molecule has 2 atom stereocenters. The topological polar surface area (TPSA) is 98.6 Å². The average molecular weight is 397 g/mol. The van der Waals surface area contributed by atoms with Crippen LogP contribution in [0.5, 0.6) is 0 Å². The highest BCUT2D eigenvalue weighted by Crippen LogP contribution is 2.40. The number of nitrogens with one attached hydrogen (secondary N) is 2. The van der Waals surface area contributed by atoms with Gasteiger partial charge in [-0.3, -0.25) is 4.68 Å². The molecule has 8 heteroatoms. The van der Waals surface area contributed by atoms with Gasteiger partial charge in [-0.15, -0.1) is 0 Å². The molecule has 0 radical (unpaired) electrons. The molecule has 3 aromatic heterocycles. The lowest BCUT2D eigenvalue weighted by atomic mass is 10.1. The van der Waals surface area contributed by atoms with Crippen LogP contribution in [0.2, 0.25) is 0 Å². The first kappa shape index (κ1) is 19.8. The van der Waals surface area contributed by atoms with E-state index in [1.54, 1.807) is 6.33 Å². The molecule has 1 fully saturated rings. The lowest BCUT2D eigenvalue weighted by molar-refractivity contribution is 0.452. The van der Waals surface area contributed by atoms with Crippen molar-refractivity contribution in [1.82, 2.24) is 34.9 Å². The van der Waals surface area contributed by atoms with Crippen LogP contribution < -0.4 is 16.4 Å². The number of fused-ring (bicyclic) bond motifs is 1. The molecule has 1 aliphatic rings. The van der Waals surface area contributed by atoms with Crippen molar-refractivity contribution in [3.05, 3.63) is 24.9 Å². The second-order valence-corrected chi connectivity index (χ2v) is 8.05. The van der Waals surface area contributed by atoms with Gasteiger partial charge in [0.15, 0.2) is 0 Å². The Morgan fingerprint density at radius 2 is 2.03 bits per heavy atom. The normalized spacial score (nSPS) is 19.4. The van der Waals surface area contributed by atoms with Gasteiger partial charge in [-0.25, -0.2) is 9.97 Å². The minimum Gasteiger partial charge on any atom is -0.383 e. The van der Waals surface area contributed by atoms with E-state index in [9.17, 15) is 0 Å². The van der Waals surface area contributed by atoms with E-state index < -0.39 is 0 Å². The third-order valence-electron chi connectivity index (χ3n) is 5.95. The Labute approximate surface area is 171 Å². The number of nitrogen functional groups attached to an aromatic ring is 1. The second kappa shape index (κ2) is 8.92. The minimum absolute atomic E-state index is 0.450. The SMILES string of the molecule is CCNCCCNCC1CCC(n2cc(-c3cnn(C)c3)c3c(N)ncnc32)C1. The summed E-state index contributed by atoms with van der Waals surface area (Å²) in [6, 6.07) is 0.450. The van der Waals surface area contributed by atoms with Gasteiger partial charge in [0.05, 0.1) is 11.6 Å². The number of nitrogens with zero attached hydrogens (tertiary/aromatic N) is 5. The molecular formula is C21H32N8. The molecule has 3 heterocycles. The Kier molecular flexibility index (Phi) is 6.10. The van der Waals surface area contributed by atoms with Crippen LogP contribution in [-0.4, -0.2) is 50.5 Å². The molecule has 0 aromatic carbocycles. The summed E-state index contributed by atoms with van der Waals surface area (Å²) < 4.78 is 4.13. The molecule has 0 bridgehead atoms. The van der Waals surface area contributed by atoms with Crippen LogP contribution in [0.3, 0.4) is 0 Å². The molecule has 0 spiro atoms. The van der Waals surface area contributed by atoms with Crippen LogP contribution >= 0.6 is 0 Å². The molecule has 1 aliphatic carbocycles. The van der Waals surface area contributed by atoms with Crippen molar-refractivity contribution >= 4 is 16.9 Å². The zero-order chi connectivity index (χ0) is 20.2. The maximum absolute atomic E-state index is 6.25. The van der Waals surface area contributed by atoms with Crippen molar-refractivity contribution in [1.29, 1.82) is 0 Å². The quantitative estimate of drug-likeness (QED) is 0.480. The predicted octanol–water partition coefficient (Wildman–Crippen LogP) is 2.34. The van der Waals surface area contributed by atoms with Crippen LogP contribution in [-0.2, 0) is 7.05 Å². The van der Waals surface area contributed by atoms with Crippen molar-refractivity contribution < 1.29 is 0 Å². The molecular weight excluding hydrogens is 364 g/mol. The van der Waals surface area contributed by atoms with E-state index in [0.717, 1.165) is 48.3 Å². The van der Waals surface area contributed by atoms with E-state index in [1.807, 2.05) is 24.1 Å². The standard InChI is InChI=1S/C21H32N8/c1-3-23-7-4-8-24-10-15-5-6-17(9-15)29-13-18(16-11-27-28(2)12-16)19-20(22)25-14-26-21(19)29/h11-15,17,23-24H,3-10H2,1-2H3,(H2,22,25,26). The van der Waals surface area contributed by atoms with Gasteiger partial charge < -0.3 is 20.9 Å². The van der Waals surface area contributed by atoms with Crippen LogP contribution in [0.1, 0.15) is 38.6 Å². The fraction of sp³-hybridized carbons (Fsp3) is 0.571. The van der Waals surface area contributed by atoms with Gasteiger partial charge in [0.25, 0.3) is 0 Å². The maximum Gasteiger partial charge on any atom is 0.146 e.